The molecule has 1 aromatic carbocycles. The van der Waals surface area contributed by atoms with Crippen molar-refractivity contribution in [2.45, 2.75) is 31.4 Å². The Kier molecular flexibility index (Phi) is 4.59. The first-order valence-electron chi connectivity index (χ1n) is 8.17. The second-order valence-electron chi connectivity index (χ2n) is 6.89. The fraction of sp³-hybridized carbons (Fsp3) is 0.529. The summed E-state index contributed by atoms with van der Waals surface area (Å²) in [7, 11) is 1.14. The van der Waals surface area contributed by atoms with Gasteiger partial charge in [0.2, 0.25) is 0 Å². The van der Waals surface area contributed by atoms with Gasteiger partial charge in [-0.1, -0.05) is 0 Å². The molecule has 2 aliphatic rings. The van der Waals surface area contributed by atoms with Crippen LogP contribution in [0.4, 0.5) is 18.9 Å². The molecule has 0 aromatic heterocycles. The summed E-state index contributed by atoms with van der Waals surface area (Å²) in [6.07, 6.45) is -4.47. The van der Waals surface area contributed by atoms with E-state index in [1.807, 2.05) is 6.07 Å². The molecule has 10 heteroatoms. The summed E-state index contributed by atoms with van der Waals surface area (Å²) in [5, 5.41) is 9.45. The highest BCUT2D eigenvalue weighted by atomic mass is 19.3. The number of rotatable bonds is 4. The molecule has 0 saturated carbocycles. The van der Waals surface area contributed by atoms with Crippen LogP contribution in [0.1, 0.15) is 18.9 Å². The summed E-state index contributed by atoms with van der Waals surface area (Å²) in [6, 6.07) is 5.40. The number of ether oxygens (including phenoxy) is 1. The van der Waals surface area contributed by atoms with Gasteiger partial charge in [0.25, 0.3) is 11.3 Å². The Balaban J connectivity index is 2.22. The Morgan fingerprint density at radius 2 is 2.22 bits per heavy atom. The predicted octanol–water partition coefficient (Wildman–Crippen LogP) is 2.56. The molecule has 144 valence electrons. The fourth-order valence-electron chi connectivity index (χ4n) is 3.75. The maximum Gasteiger partial charge on any atom is 0.317 e. The molecule has 4 atom stereocenters. The topological polar surface area (TPSA) is 101 Å². The van der Waals surface area contributed by atoms with Gasteiger partial charge in [0, 0.05) is 23.6 Å². The first-order chi connectivity index (χ1) is 12.7. The van der Waals surface area contributed by atoms with E-state index >= 15 is 0 Å². The number of nitriles is 1. The Bertz CT molecular complexity index is 856. The van der Waals surface area contributed by atoms with E-state index in [2.05, 4.69) is 9.83 Å². The van der Waals surface area contributed by atoms with Crippen LogP contribution >= 0.6 is 0 Å². The van der Waals surface area contributed by atoms with E-state index in [4.69, 9.17) is 10.5 Å². The number of benzene rings is 1. The number of hydrogen-bond acceptors (Lipinski definition) is 6. The van der Waals surface area contributed by atoms with E-state index in [-0.39, 0.29) is 35.0 Å². The van der Waals surface area contributed by atoms with Gasteiger partial charge in [-0.15, -0.1) is 0 Å². The van der Waals surface area contributed by atoms with Gasteiger partial charge >= 0.3 is 5.69 Å². The fourth-order valence-corrected chi connectivity index (χ4v) is 3.75. The second kappa shape index (κ2) is 6.49. The molecule has 0 spiro atoms. The first kappa shape index (κ1) is 19.1. The molecule has 27 heavy (non-hydrogen) atoms. The van der Waals surface area contributed by atoms with Crippen LogP contribution in [0.15, 0.2) is 23.2 Å². The molecule has 3 rings (SSSR count). The lowest BCUT2D eigenvalue weighted by Gasteiger charge is -2.41. The molecule has 1 aromatic rings. The van der Waals surface area contributed by atoms with Crippen molar-refractivity contribution in [3.63, 3.8) is 0 Å². The minimum atomic E-state index is -2.85. The lowest BCUT2D eigenvalue weighted by Crippen LogP contribution is -2.50. The molecule has 2 N–H and O–H groups in total. The number of nitrogens with two attached hydrogens (primary N) is 1. The van der Waals surface area contributed by atoms with Crippen LogP contribution in [-0.4, -0.2) is 37.0 Å². The Morgan fingerprint density at radius 3 is 2.81 bits per heavy atom. The molecule has 2 heterocycles. The summed E-state index contributed by atoms with van der Waals surface area (Å²) in [4.78, 5) is 20.8. The van der Waals surface area contributed by atoms with E-state index in [9.17, 15) is 23.3 Å². The zero-order valence-corrected chi connectivity index (χ0v) is 14.7. The van der Waals surface area contributed by atoms with Crippen molar-refractivity contribution < 1.29 is 27.7 Å². The average Bonchev–Trinajstić information content (AvgIpc) is 3.00. The van der Waals surface area contributed by atoms with Crippen LogP contribution in [-0.2, 0) is 15.1 Å². The van der Waals surface area contributed by atoms with Gasteiger partial charge < -0.3 is 10.5 Å². The summed E-state index contributed by atoms with van der Waals surface area (Å²) in [6.45, 7) is 1.15. The van der Waals surface area contributed by atoms with Crippen molar-refractivity contribution in [1.82, 2.24) is 0 Å². The molecule has 0 bridgehead atoms. The van der Waals surface area contributed by atoms with Gasteiger partial charge in [-0.3, -0.25) is 4.99 Å². The molecule has 0 radical (unpaired) electrons. The molecule has 0 aliphatic carbocycles. The molecule has 1 saturated heterocycles. The number of hydrogen-bond donors (Lipinski definition) is 1. The van der Waals surface area contributed by atoms with E-state index < -0.39 is 35.2 Å². The monoisotopic (exact) mass is 383 g/mol. The van der Waals surface area contributed by atoms with E-state index in [1.165, 1.54) is 19.1 Å². The van der Waals surface area contributed by atoms with Crippen molar-refractivity contribution in [3.8, 4) is 6.07 Å². The highest BCUT2D eigenvalue weighted by molar-refractivity contribution is 5.90. The zero-order chi connectivity index (χ0) is 20.0. The predicted molar refractivity (Wildman–Crippen MR) is 87.6 cm³/mol. The van der Waals surface area contributed by atoms with Gasteiger partial charge in [-0.2, -0.15) is 5.26 Å². The molecule has 7 nitrogen and oxygen atoms in total. The number of alkyl halides is 2. The van der Waals surface area contributed by atoms with Crippen LogP contribution in [0.25, 0.3) is 0 Å². The van der Waals surface area contributed by atoms with Gasteiger partial charge in [0.15, 0.2) is 7.11 Å². The van der Waals surface area contributed by atoms with Gasteiger partial charge in [-0.25, -0.2) is 18.0 Å². The van der Waals surface area contributed by atoms with Crippen molar-refractivity contribution in [3.05, 3.63) is 34.5 Å². The summed E-state index contributed by atoms with van der Waals surface area (Å²) >= 11 is 0. The van der Waals surface area contributed by atoms with Crippen LogP contribution < -0.4 is 5.73 Å². The normalized spacial score (nSPS) is 32.6. The van der Waals surface area contributed by atoms with Crippen LogP contribution in [0.2, 0.25) is 0 Å². The van der Waals surface area contributed by atoms with Crippen molar-refractivity contribution in [1.29, 1.82) is 5.26 Å². The molecule has 3 unspecified atom stereocenters. The zero-order valence-electron chi connectivity index (χ0n) is 14.7. The van der Waals surface area contributed by atoms with E-state index in [1.54, 1.807) is 0 Å². The third kappa shape index (κ3) is 2.82. The average molecular weight is 383 g/mol. The number of fused-ring (bicyclic) bond motifs is 1. The Hall–Kier alpha value is -2.67. The summed E-state index contributed by atoms with van der Waals surface area (Å²) in [5.41, 5.74) is 2.99. The molecule has 1 fully saturated rings. The summed E-state index contributed by atoms with van der Waals surface area (Å²) < 4.78 is 47.1. The lowest BCUT2D eigenvalue weighted by molar-refractivity contribution is -0.736. The van der Waals surface area contributed by atoms with Crippen molar-refractivity contribution in [2.75, 3.05) is 13.7 Å². The Labute approximate surface area is 153 Å². The quantitative estimate of drug-likeness (QED) is 0.806. The number of amidine groups is 1. The SMILES string of the molecule is CO[N+](=O)c1ccc(F)c(C23COC(C(F)F)[C@H]2CC(C)(C#N)C(N)=N3)c1. The van der Waals surface area contributed by atoms with Gasteiger partial charge in [0.05, 0.1) is 17.6 Å². The molecular formula is C17H18F3N4O3+. The van der Waals surface area contributed by atoms with Crippen LogP contribution in [0, 0.1) is 33.4 Å². The van der Waals surface area contributed by atoms with Gasteiger partial charge in [-0.05, 0) is 19.4 Å². The highest BCUT2D eigenvalue weighted by Gasteiger charge is 2.60. The van der Waals surface area contributed by atoms with Gasteiger partial charge in [0.1, 0.15) is 28.7 Å². The molecular weight excluding hydrogens is 365 g/mol. The Morgan fingerprint density at radius 1 is 1.52 bits per heavy atom. The third-order valence-electron chi connectivity index (χ3n) is 5.31. The van der Waals surface area contributed by atoms with E-state index in [0.717, 1.165) is 13.2 Å². The molecule has 2 aliphatic heterocycles. The second-order valence-corrected chi connectivity index (χ2v) is 6.89. The number of aliphatic imine (C=N–C) groups is 1. The minimum Gasteiger partial charge on any atom is -0.386 e. The van der Waals surface area contributed by atoms with Crippen molar-refractivity contribution in [2.24, 2.45) is 22.1 Å². The maximum absolute atomic E-state index is 14.7. The largest absolute Gasteiger partial charge is 0.386 e. The maximum atomic E-state index is 14.7. The van der Waals surface area contributed by atoms with Crippen LogP contribution in [0.3, 0.4) is 0 Å². The molecule has 0 amide bonds. The third-order valence-corrected chi connectivity index (χ3v) is 5.31. The van der Waals surface area contributed by atoms with Crippen LogP contribution in [0.5, 0.6) is 0 Å². The van der Waals surface area contributed by atoms with Crippen molar-refractivity contribution >= 4 is 11.5 Å². The minimum absolute atomic E-state index is 0.0371. The van der Waals surface area contributed by atoms with E-state index in [0.29, 0.717) is 0 Å². The first-order valence-corrected chi connectivity index (χ1v) is 8.17. The summed E-state index contributed by atoms with van der Waals surface area (Å²) in [5.74, 6) is -1.83. The lowest BCUT2D eigenvalue weighted by atomic mass is 9.66. The standard InChI is InChI=1S/C17H18F3N4O3/c1-16(7-21)6-11-13(14(19)20)27-8-17(11,23-15(16)22)10-5-9(24(25)26-2)3-4-12(10)18/h3-5,11,13-14H,6,8H2,1-2H3,(H2,22,23)/q+1/t11-,13?,16?,17?/m1/s1. The smallest absolute Gasteiger partial charge is 0.317 e. The highest BCUT2D eigenvalue weighted by Crippen LogP contribution is 2.53. The number of halogens is 3. The number of nitrogens with zero attached hydrogens (tertiary/aromatic N) is 3.